The van der Waals surface area contributed by atoms with E-state index in [1.165, 1.54) is 11.1 Å². The molecule has 2 heteroatoms. The van der Waals surface area contributed by atoms with Crippen LogP contribution in [0.2, 0.25) is 0 Å². The molecule has 3 aliphatic rings. The summed E-state index contributed by atoms with van der Waals surface area (Å²) >= 11 is 0. The van der Waals surface area contributed by atoms with E-state index < -0.39 is 0 Å². The van der Waals surface area contributed by atoms with Crippen LogP contribution >= 0.6 is 0 Å². The average molecular weight is 272 g/mol. The Balaban J connectivity index is 1.75. The third kappa shape index (κ3) is 1.54. The Bertz CT molecular complexity index is 624. The Kier molecular flexibility index (Phi) is 2.33. The van der Waals surface area contributed by atoms with Crippen molar-refractivity contribution in [3.05, 3.63) is 29.3 Å². The molecule has 4 atom stereocenters. The molecule has 20 heavy (non-hydrogen) atoms. The zero-order valence-corrected chi connectivity index (χ0v) is 12.0. The lowest BCUT2D eigenvalue weighted by molar-refractivity contribution is -0.129. The van der Waals surface area contributed by atoms with E-state index in [1.807, 2.05) is 6.07 Å². The second-order valence-corrected chi connectivity index (χ2v) is 7.13. The molecule has 0 spiro atoms. The highest BCUT2D eigenvalue weighted by Crippen LogP contribution is 2.59. The zero-order chi connectivity index (χ0) is 14.8. The predicted octanol–water partition coefficient (Wildman–Crippen LogP) is 3.82. The highest BCUT2D eigenvalue weighted by Gasteiger charge is 2.54. The number of ketones is 1. The molecule has 0 radical (unpaired) electrons. The lowest BCUT2D eigenvalue weighted by atomic mass is 9.55. The van der Waals surface area contributed by atoms with Gasteiger partial charge in [0.15, 0.2) is 0 Å². The molecule has 1 N–H and O–H groups in total. The maximum Gasteiger partial charge on any atom is 0.139 e. The molecule has 2 fully saturated rings. The van der Waals surface area contributed by atoms with Gasteiger partial charge in [0.05, 0.1) is 1.37 Å². The summed E-state index contributed by atoms with van der Waals surface area (Å²) in [6.45, 7) is 2.19. The highest BCUT2D eigenvalue weighted by molar-refractivity contribution is 5.87. The number of phenolic OH excluding ortho intramolecular Hbond substituents is 1. The number of Topliss-reactive ketones (excluding diaryl/α,β-unsaturated/α-hetero) is 1. The van der Waals surface area contributed by atoms with Crippen molar-refractivity contribution >= 4 is 5.78 Å². The molecule has 0 saturated heterocycles. The third-order valence-electron chi connectivity index (χ3n) is 6.35. The molecule has 1 aromatic carbocycles. The number of aromatic hydroxyl groups is 1. The van der Waals surface area contributed by atoms with Gasteiger partial charge in [0, 0.05) is 11.8 Å². The zero-order valence-electron chi connectivity index (χ0n) is 13.0. The largest absolute Gasteiger partial charge is 0.508 e. The fourth-order valence-electron chi connectivity index (χ4n) is 5.27. The smallest absolute Gasteiger partial charge is 0.139 e. The van der Waals surface area contributed by atoms with E-state index in [9.17, 15) is 9.90 Å². The number of carbonyl (C=O) groups is 1. The van der Waals surface area contributed by atoms with E-state index in [0.717, 1.165) is 38.5 Å². The van der Waals surface area contributed by atoms with E-state index in [4.69, 9.17) is 1.37 Å². The summed E-state index contributed by atoms with van der Waals surface area (Å²) in [6.07, 6.45) is 5.97. The van der Waals surface area contributed by atoms with E-state index in [0.29, 0.717) is 23.5 Å². The number of aryl methyl sites for hydroxylation is 1. The Morgan fingerprint density at radius 1 is 1.35 bits per heavy atom. The highest BCUT2D eigenvalue weighted by atomic mass is 16.3. The number of hydrogen-bond donors (Lipinski definition) is 1. The molecule has 1 aromatic rings. The van der Waals surface area contributed by atoms with Gasteiger partial charge in [-0.15, -0.1) is 0 Å². The first-order valence-electron chi connectivity index (χ1n) is 8.36. The van der Waals surface area contributed by atoms with Crippen LogP contribution in [0.15, 0.2) is 18.2 Å². The topological polar surface area (TPSA) is 37.3 Å². The summed E-state index contributed by atoms with van der Waals surface area (Å²) in [5.74, 6) is 2.18. The van der Waals surface area contributed by atoms with Gasteiger partial charge >= 0.3 is 0 Å². The van der Waals surface area contributed by atoms with Gasteiger partial charge in [-0.25, -0.2) is 0 Å². The van der Waals surface area contributed by atoms with Gasteiger partial charge in [-0.2, -0.15) is 0 Å². The van der Waals surface area contributed by atoms with Crippen LogP contribution in [0, 0.1) is 17.3 Å². The molecular formula is C18H22O2. The van der Waals surface area contributed by atoms with Crippen LogP contribution in [0.5, 0.6) is 5.75 Å². The molecule has 0 aliphatic heterocycles. The minimum Gasteiger partial charge on any atom is -0.508 e. The number of carbonyl (C=O) groups excluding carboxylic acids is 1. The van der Waals surface area contributed by atoms with Crippen molar-refractivity contribution in [2.45, 2.75) is 51.4 Å². The average Bonchev–Trinajstić information content (AvgIpc) is 2.76. The molecule has 2 nitrogen and oxygen atoms in total. The first-order chi connectivity index (χ1) is 10.0. The summed E-state index contributed by atoms with van der Waals surface area (Å²) in [4.78, 5) is 12.3. The molecular weight excluding hydrogens is 248 g/mol. The van der Waals surface area contributed by atoms with Gasteiger partial charge in [0.2, 0.25) is 0 Å². The maximum atomic E-state index is 12.3. The van der Waals surface area contributed by atoms with Crippen molar-refractivity contribution in [3.63, 3.8) is 0 Å². The van der Waals surface area contributed by atoms with Gasteiger partial charge in [-0.05, 0) is 73.1 Å². The van der Waals surface area contributed by atoms with E-state index in [1.54, 1.807) is 6.07 Å². The SMILES string of the molecule is [3H]c1cc2c(cc1O)CC[C@@H]1[C@@H]2CC[C@]2(C)C(=O)CC[C@@H]12. The monoisotopic (exact) mass is 272 g/mol. The molecule has 0 bridgehead atoms. The molecule has 4 rings (SSSR count). The van der Waals surface area contributed by atoms with Gasteiger partial charge in [-0.3, -0.25) is 4.79 Å². The maximum absolute atomic E-state index is 12.3. The first-order valence-corrected chi connectivity index (χ1v) is 7.86. The lowest BCUT2D eigenvalue weighted by Gasteiger charge is -2.48. The van der Waals surface area contributed by atoms with E-state index in [2.05, 4.69) is 6.92 Å². The molecule has 0 unspecified atom stereocenters. The van der Waals surface area contributed by atoms with Crippen molar-refractivity contribution < 1.29 is 11.3 Å². The van der Waals surface area contributed by atoms with Crippen LogP contribution in [0.25, 0.3) is 0 Å². The molecule has 0 heterocycles. The molecule has 106 valence electrons. The van der Waals surface area contributed by atoms with Crippen molar-refractivity contribution in [3.8, 4) is 5.75 Å². The van der Waals surface area contributed by atoms with E-state index in [-0.39, 0.29) is 17.2 Å². The summed E-state index contributed by atoms with van der Waals surface area (Å²) in [5.41, 5.74) is 2.41. The number of phenols is 1. The van der Waals surface area contributed by atoms with Crippen molar-refractivity contribution in [1.82, 2.24) is 0 Å². The Hall–Kier alpha value is -1.31. The molecule has 0 aromatic heterocycles. The summed E-state index contributed by atoms with van der Waals surface area (Å²) in [6, 6.07) is 3.91. The second kappa shape index (κ2) is 4.09. The Morgan fingerprint density at radius 2 is 2.20 bits per heavy atom. The normalized spacial score (nSPS) is 39.8. The molecule has 2 saturated carbocycles. The fourth-order valence-corrected chi connectivity index (χ4v) is 5.27. The van der Waals surface area contributed by atoms with Crippen molar-refractivity contribution in [2.24, 2.45) is 17.3 Å². The Morgan fingerprint density at radius 3 is 3.05 bits per heavy atom. The minimum absolute atomic E-state index is 0.0839. The Labute approximate surface area is 121 Å². The van der Waals surface area contributed by atoms with E-state index >= 15 is 0 Å². The van der Waals surface area contributed by atoms with Gasteiger partial charge in [0.25, 0.3) is 0 Å². The summed E-state index contributed by atoms with van der Waals surface area (Å²) < 4.78 is 7.88. The number of fused-ring (bicyclic) bond motifs is 5. The molecule has 3 aliphatic carbocycles. The minimum atomic E-state index is -0.0839. The number of hydrogen-bond acceptors (Lipinski definition) is 2. The summed E-state index contributed by atoms with van der Waals surface area (Å²) in [5, 5.41) is 9.77. The standard InChI is InChI=1S/C18H22O2/c1-18-9-8-14-13-5-3-12(19)10-11(13)2-4-15(14)16(18)6-7-17(18)20/h3,5,10,14-16,19H,2,4,6-9H2,1H3/t14-,15-,16+,18+/m1/s1/i3T. The van der Waals surface area contributed by atoms with Gasteiger partial charge < -0.3 is 5.11 Å². The third-order valence-corrected chi connectivity index (χ3v) is 6.35. The first kappa shape index (κ1) is 11.4. The number of benzene rings is 1. The fraction of sp³-hybridized carbons (Fsp3) is 0.611. The predicted molar refractivity (Wildman–Crippen MR) is 77.7 cm³/mol. The second-order valence-electron chi connectivity index (χ2n) is 7.13. The lowest BCUT2D eigenvalue weighted by Crippen LogP contribution is -2.42. The summed E-state index contributed by atoms with van der Waals surface area (Å²) in [7, 11) is 0. The van der Waals surface area contributed by atoms with Gasteiger partial charge in [-0.1, -0.05) is 13.0 Å². The van der Waals surface area contributed by atoms with Crippen LogP contribution in [-0.4, -0.2) is 10.9 Å². The van der Waals surface area contributed by atoms with Crippen LogP contribution in [-0.2, 0) is 11.2 Å². The van der Waals surface area contributed by atoms with Gasteiger partial charge in [0.1, 0.15) is 11.5 Å². The number of rotatable bonds is 0. The molecule has 0 amide bonds. The van der Waals surface area contributed by atoms with Crippen LogP contribution in [0.4, 0.5) is 0 Å². The van der Waals surface area contributed by atoms with Crippen LogP contribution < -0.4 is 0 Å². The van der Waals surface area contributed by atoms with Crippen molar-refractivity contribution in [2.75, 3.05) is 0 Å². The van der Waals surface area contributed by atoms with Crippen LogP contribution in [0.3, 0.4) is 0 Å². The quantitative estimate of drug-likeness (QED) is 0.779. The van der Waals surface area contributed by atoms with Crippen LogP contribution in [0.1, 0.15) is 57.4 Å². The van der Waals surface area contributed by atoms with Crippen molar-refractivity contribution in [1.29, 1.82) is 0 Å².